The van der Waals surface area contributed by atoms with Crippen molar-refractivity contribution in [1.82, 2.24) is 10.2 Å². The molecule has 0 aliphatic carbocycles. The minimum absolute atomic E-state index is 0.0303. The Labute approximate surface area is 124 Å². The van der Waals surface area contributed by atoms with Crippen LogP contribution in [0.4, 0.5) is 5.69 Å². The molecule has 0 spiro atoms. The van der Waals surface area contributed by atoms with Crippen molar-refractivity contribution in [2.75, 3.05) is 32.5 Å². The number of hydrogen-bond donors (Lipinski definition) is 2. The lowest BCUT2D eigenvalue weighted by atomic mass is 9.89. The van der Waals surface area contributed by atoms with Crippen LogP contribution in [0.15, 0.2) is 24.3 Å². The molecular formula is C15H21N3O3. The molecule has 6 heteroatoms. The molecule has 3 N–H and O–H groups in total. The van der Waals surface area contributed by atoms with Gasteiger partial charge in [-0.1, -0.05) is 0 Å². The molecular weight excluding hydrogens is 270 g/mol. The first-order valence-electron chi connectivity index (χ1n) is 6.93. The molecule has 6 nitrogen and oxygen atoms in total. The Morgan fingerprint density at radius 1 is 1.38 bits per heavy atom. The normalized spacial score (nSPS) is 21.1. The maximum Gasteiger partial charge on any atom is 0.260 e. The minimum atomic E-state index is -0.508. The number of likely N-dealkylation sites (tertiary alicyclic amines) is 1. The number of hydrogen-bond acceptors (Lipinski definition) is 4. The second kappa shape index (κ2) is 6.03. The highest BCUT2D eigenvalue weighted by Crippen LogP contribution is 2.30. The molecule has 1 aliphatic rings. The fourth-order valence-corrected chi connectivity index (χ4v) is 2.46. The Hall–Kier alpha value is -2.24. The number of benzene rings is 1. The molecule has 0 saturated carbocycles. The molecule has 1 heterocycles. The van der Waals surface area contributed by atoms with Crippen LogP contribution in [-0.4, -0.2) is 43.5 Å². The monoisotopic (exact) mass is 291 g/mol. The third kappa shape index (κ3) is 3.45. The predicted molar refractivity (Wildman–Crippen MR) is 79.7 cm³/mol. The second-order valence-corrected chi connectivity index (χ2v) is 5.56. The molecule has 1 unspecified atom stereocenters. The molecule has 114 valence electrons. The van der Waals surface area contributed by atoms with Crippen molar-refractivity contribution < 1.29 is 14.3 Å². The highest BCUT2D eigenvalue weighted by molar-refractivity contribution is 5.85. The van der Waals surface area contributed by atoms with E-state index >= 15 is 0 Å². The van der Waals surface area contributed by atoms with Crippen molar-refractivity contribution >= 4 is 17.5 Å². The van der Waals surface area contributed by atoms with Gasteiger partial charge in [-0.25, -0.2) is 0 Å². The molecule has 2 amide bonds. The Kier molecular flexibility index (Phi) is 4.35. The number of amides is 2. The molecule has 1 atom stereocenters. The molecule has 1 fully saturated rings. The van der Waals surface area contributed by atoms with Crippen LogP contribution in [-0.2, 0) is 9.59 Å². The van der Waals surface area contributed by atoms with E-state index in [1.165, 1.54) is 0 Å². The Balaban J connectivity index is 1.87. The first-order chi connectivity index (χ1) is 9.94. The summed E-state index contributed by atoms with van der Waals surface area (Å²) in [6, 6.07) is 6.89. The van der Waals surface area contributed by atoms with Crippen LogP contribution in [0.2, 0.25) is 0 Å². The summed E-state index contributed by atoms with van der Waals surface area (Å²) in [6.45, 7) is 2.85. The van der Waals surface area contributed by atoms with Crippen molar-refractivity contribution in [2.45, 2.75) is 13.3 Å². The largest absolute Gasteiger partial charge is 0.484 e. The lowest BCUT2D eigenvalue weighted by Gasteiger charge is -2.22. The van der Waals surface area contributed by atoms with Crippen LogP contribution in [0.25, 0.3) is 0 Å². The van der Waals surface area contributed by atoms with E-state index in [9.17, 15) is 9.59 Å². The number of nitrogens with zero attached hydrogens (tertiary/aromatic N) is 1. The van der Waals surface area contributed by atoms with Crippen LogP contribution >= 0.6 is 0 Å². The van der Waals surface area contributed by atoms with Crippen molar-refractivity contribution in [3.8, 4) is 5.75 Å². The third-order valence-corrected chi connectivity index (χ3v) is 3.84. The van der Waals surface area contributed by atoms with E-state index in [0.717, 1.165) is 0 Å². The summed E-state index contributed by atoms with van der Waals surface area (Å²) in [6.07, 6.45) is 0.667. The van der Waals surface area contributed by atoms with Gasteiger partial charge in [-0.3, -0.25) is 9.59 Å². The SMILES string of the molecule is CNC(=O)C1(C)CCN(C(=O)COc2ccc(N)cc2)C1. The quantitative estimate of drug-likeness (QED) is 0.797. The first kappa shape index (κ1) is 15.2. The number of carbonyl (C=O) groups excluding carboxylic acids is 2. The second-order valence-electron chi connectivity index (χ2n) is 5.56. The third-order valence-electron chi connectivity index (χ3n) is 3.84. The highest BCUT2D eigenvalue weighted by Gasteiger charge is 2.41. The fourth-order valence-electron chi connectivity index (χ4n) is 2.46. The van der Waals surface area contributed by atoms with Crippen LogP contribution in [0.5, 0.6) is 5.75 Å². The predicted octanol–water partition coefficient (Wildman–Crippen LogP) is 0.632. The van der Waals surface area contributed by atoms with Crippen LogP contribution in [0, 0.1) is 5.41 Å². The molecule has 1 saturated heterocycles. The van der Waals surface area contributed by atoms with Gasteiger partial charge in [-0.15, -0.1) is 0 Å². The van der Waals surface area contributed by atoms with Gasteiger partial charge in [0.05, 0.1) is 5.41 Å². The molecule has 1 aliphatic heterocycles. The Morgan fingerprint density at radius 3 is 2.67 bits per heavy atom. The zero-order valence-corrected chi connectivity index (χ0v) is 12.4. The summed E-state index contributed by atoms with van der Waals surface area (Å²) in [5, 5.41) is 2.65. The number of carbonyl (C=O) groups is 2. The zero-order valence-electron chi connectivity index (χ0n) is 12.4. The van der Waals surface area contributed by atoms with Crippen molar-refractivity contribution in [3.05, 3.63) is 24.3 Å². The van der Waals surface area contributed by atoms with Gasteiger partial charge in [0.15, 0.2) is 6.61 Å². The Morgan fingerprint density at radius 2 is 2.05 bits per heavy atom. The summed E-state index contributed by atoms with van der Waals surface area (Å²) < 4.78 is 5.44. The van der Waals surface area contributed by atoms with E-state index in [-0.39, 0.29) is 18.4 Å². The van der Waals surface area contributed by atoms with Gasteiger partial charge in [0.1, 0.15) is 5.75 Å². The van der Waals surface area contributed by atoms with E-state index in [1.54, 1.807) is 36.2 Å². The van der Waals surface area contributed by atoms with E-state index in [2.05, 4.69) is 5.32 Å². The van der Waals surface area contributed by atoms with Crippen LogP contribution in [0.1, 0.15) is 13.3 Å². The van der Waals surface area contributed by atoms with Gasteiger partial charge in [0.25, 0.3) is 5.91 Å². The standard InChI is InChI=1S/C15H21N3O3/c1-15(14(20)17-2)7-8-18(10-15)13(19)9-21-12-5-3-11(16)4-6-12/h3-6H,7-10,16H2,1-2H3,(H,17,20). The lowest BCUT2D eigenvalue weighted by Crippen LogP contribution is -2.41. The summed E-state index contributed by atoms with van der Waals surface area (Å²) in [4.78, 5) is 25.6. The van der Waals surface area contributed by atoms with Gasteiger partial charge in [0.2, 0.25) is 5.91 Å². The zero-order chi connectivity index (χ0) is 15.5. The topological polar surface area (TPSA) is 84.7 Å². The van der Waals surface area contributed by atoms with Crippen molar-refractivity contribution in [1.29, 1.82) is 0 Å². The van der Waals surface area contributed by atoms with Gasteiger partial charge in [-0.05, 0) is 37.6 Å². The van der Waals surface area contributed by atoms with E-state index < -0.39 is 5.41 Å². The summed E-state index contributed by atoms with van der Waals surface area (Å²) in [7, 11) is 1.61. The molecule has 21 heavy (non-hydrogen) atoms. The van der Waals surface area contributed by atoms with Gasteiger partial charge < -0.3 is 20.7 Å². The van der Waals surface area contributed by atoms with Crippen molar-refractivity contribution in [3.63, 3.8) is 0 Å². The number of nitrogens with two attached hydrogens (primary N) is 1. The lowest BCUT2D eigenvalue weighted by molar-refractivity contribution is -0.134. The Bertz CT molecular complexity index is 529. The van der Waals surface area contributed by atoms with E-state index in [0.29, 0.717) is 30.9 Å². The average Bonchev–Trinajstić information content (AvgIpc) is 2.89. The number of nitrogen functional groups attached to an aromatic ring is 1. The molecule has 0 aromatic heterocycles. The van der Waals surface area contributed by atoms with Gasteiger partial charge in [-0.2, -0.15) is 0 Å². The van der Waals surface area contributed by atoms with Crippen LogP contribution < -0.4 is 15.8 Å². The van der Waals surface area contributed by atoms with E-state index in [4.69, 9.17) is 10.5 Å². The maximum absolute atomic E-state index is 12.1. The smallest absolute Gasteiger partial charge is 0.260 e. The number of nitrogens with one attached hydrogen (secondary N) is 1. The average molecular weight is 291 g/mol. The molecule has 2 rings (SSSR count). The van der Waals surface area contributed by atoms with E-state index in [1.807, 2.05) is 6.92 Å². The number of anilines is 1. The highest BCUT2D eigenvalue weighted by atomic mass is 16.5. The summed E-state index contributed by atoms with van der Waals surface area (Å²) in [5.41, 5.74) is 5.72. The first-order valence-corrected chi connectivity index (χ1v) is 6.93. The number of ether oxygens (including phenoxy) is 1. The summed E-state index contributed by atoms with van der Waals surface area (Å²) in [5.74, 6) is 0.461. The molecule has 1 aromatic carbocycles. The molecule has 1 aromatic rings. The molecule has 0 bridgehead atoms. The maximum atomic E-state index is 12.1. The molecule has 0 radical (unpaired) electrons. The van der Waals surface area contributed by atoms with Crippen LogP contribution in [0.3, 0.4) is 0 Å². The minimum Gasteiger partial charge on any atom is -0.484 e. The van der Waals surface area contributed by atoms with Gasteiger partial charge in [0, 0.05) is 25.8 Å². The van der Waals surface area contributed by atoms with Gasteiger partial charge >= 0.3 is 0 Å². The van der Waals surface area contributed by atoms with Crippen molar-refractivity contribution in [2.24, 2.45) is 5.41 Å². The fraction of sp³-hybridized carbons (Fsp3) is 0.467. The summed E-state index contributed by atoms with van der Waals surface area (Å²) >= 11 is 0. The number of rotatable bonds is 4.